The van der Waals surface area contributed by atoms with Gasteiger partial charge in [-0.05, 0) is 25.8 Å². The first-order chi connectivity index (χ1) is 7.74. The fourth-order valence-corrected chi connectivity index (χ4v) is 1.99. The minimum Gasteiger partial charge on any atom is -0.343 e. The summed E-state index contributed by atoms with van der Waals surface area (Å²) in [6.07, 6.45) is 0.860. The Labute approximate surface area is 98.3 Å². The highest BCUT2D eigenvalue weighted by atomic mass is 16.2. The lowest BCUT2D eigenvalue weighted by molar-refractivity contribution is -0.132. The number of carbonyl (C=O) groups excluding carboxylic acids is 1. The van der Waals surface area contributed by atoms with Crippen LogP contribution in [0, 0.1) is 0 Å². The van der Waals surface area contributed by atoms with Gasteiger partial charge < -0.3 is 4.90 Å². The summed E-state index contributed by atoms with van der Waals surface area (Å²) in [4.78, 5) is 14.2. The van der Waals surface area contributed by atoms with E-state index in [0.29, 0.717) is 0 Å². The monoisotopic (exact) mass is 219 g/mol. The molecular formula is C14H21NO. The molecule has 0 saturated carbocycles. The highest BCUT2D eigenvalue weighted by Crippen LogP contribution is 2.21. The highest BCUT2D eigenvalue weighted by Gasteiger charge is 2.22. The average molecular weight is 219 g/mol. The van der Waals surface area contributed by atoms with E-state index in [0.717, 1.165) is 25.1 Å². The molecule has 1 aromatic rings. The Morgan fingerprint density at radius 2 is 1.69 bits per heavy atom. The van der Waals surface area contributed by atoms with Crippen LogP contribution >= 0.6 is 0 Å². The van der Waals surface area contributed by atoms with Gasteiger partial charge in [-0.15, -0.1) is 0 Å². The van der Waals surface area contributed by atoms with Gasteiger partial charge in [0.25, 0.3) is 0 Å². The molecule has 1 atom stereocenters. The molecule has 1 rings (SSSR count). The second kappa shape index (κ2) is 6.31. The molecule has 0 heterocycles. The third kappa shape index (κ3) is 2.84. The average Bonchev–Trinajstić information content (AvgIpc) is 2.33. The maximum atomic E-state index is 12.3. The van der Waals surface area contributed by atoms with E-state index in [1.54, 1.807) is 0 Å². The predicted octanol–water partition coefficient (Wildman–Crippen LogP) is 3.05. The Kier molecular flexibility index (Phi) is 5.03. The summed E-state index contributed by atoms with van der Waals surface area (Å²) in [7, 11) is 0. The van der Waals surface area contributed by atoms with Crippen LogP contribution in [0.1, 0.15) is 38.7 Å². The molecule has 1 aromatic carbocycles. The van der Waals surface area contributed by atoms with E-state index in [4.69, 9.17) is 0 Å². The summed E-state index contributed by atoms with van der Waals surface area (Å²) in [6, 6.07) is 10.0. The van der Waals surface area contributed by atoms with E-state index in [1.807, 2.05) is 49.1 Å². The lowest BCUT2D eigenvalue weighted by Crippen LogP contribution is -2.34. The second-order valence-corrected chi connectivity index (χ2v) is 3.88. The van der Waals surface area contributed by atoms with E-state index < -0.39 is 0 Å². The van der Waals surface area contributed by atoms with E-state index >= 15 is 0 Å². The van der Waals surface area contributed by atoms with Crippen molar-refractivity contribution in [3.63, 3.8) is 0 Å². The fourth-order valence-electron chi connectivity index (χ4n) is 1.99. The van der Waals surface area contributed by atoms with Crippen LogP contribution in [0.2, 0.25) is 0 Å². The van der Waals surface area contributed by atoms with Gasteiger partial charge in [-0.1, -0.05) is 37.3 Å². The van der Waals surface area contributed by atoms with Crippen molar-refractivity contribution in [1.29, 1.82) is 0 Å². The van der Waals surface area contributed by atoms with Crippen molar-refractivity contribution in [2.75, 3.05) is 13.1 Å². The summed E-state index contributed by atoms with van der Waals surface area (Å²) in [5.74, 6) is 0.264. The highest BCUT2D eigenvalue weighted by molar-refractivity contribution is 5.83. The van der Waals surface area contributed by atoms with Crippen molar-refractivity contribution < 1.29 is 4.79 Å². The zero-order valence-corrected chi connectivity index (χ0v) is 10.4. The Morgan fingerprint density at radius 1 is 1.12 bits per heavy atom. The molecule has 0 fully saturated rings. The number of hydrogen-bond acceptors (Lipinski definition) is 1. The fraction of sp³-hybridized carbons (Fsp3) is 0.500. The molecule has 16 heavy (non-hydrogen) atoms. The van der Waals surface area contributed by atoms with Crippen molar-refractivity contribution in [3.05, 3.63) is 35.9 Å². The number of hydrogen-bond donors (Lipinski definition) is 0. The molecular weight excluding hydrogens is 198 g/mol. The number of likely N-dealkylation sites (N-methyl/N-ethyl adjacent to an activating group) is 1. The largest absolute Gasteiger partial charge is 0.343 e. The topological polar surface area (TPSA) is 20.3 Å². The predicted molar refractivity (Wildman–Crippen MR) is 67.4 cm³/mol. The van der Waals surface area contributed by atoms with Crippen LogP contribution in [0.15, 0.2) is 30.3 Å². The molecule has 0 N–H and O–H groups in total. The van der Waals surface area contributed by atoms with Gasteiger partial charge in [0, 0.05) is 13.1 Å². The van der Waals surface area contributed by atoms with Crippen molar-refractivity contribution in [1.82, 2.24) is 4.90 Å². The zero-order valence-electron chi connectivity index (χ0n) is 10.4. The standard InChI is InChI=1S/C14H21NO/c1-4-13(12-10-8-7-9-11-12)14(16)15(5-2)6-3/h7-11,13H,4-6H2,1-3H3. The van der Waals surface area contributed by atoms with Crippen LogP contribution < -0.4 is 0 Å². The Morgan fingerprint density at radius 3 is 2.12 bits per heavy atom. The lowest BCUT2D eigenvalue weighted by Gasteiger charge is -2.24. The zero-order chi connectivity index (χ0) is 12.0. The quantitative estimate of drug-likeness (QED) is 0.745. The Bertz CT molecular complexity index is 317. The maximum absolute atomic E-state index is 12.3. The van der Waals surface area contributed by atoms with Gasteiger partial charge in [0.1, 0.15) is 0 Å². The van der Waals surface area contributed by atoms with Crippen LogP contribution in [0.4, 0.5) is 0 Å². The summed E-state index contributed by atoms with van der Waals surface area (Å²) < 4.78 is 0. The van der Waals surface area contributed by atoms with E-state index in [-0.39, 0.29) is 11.8 Å². The molecule has 0 bridgehead atoms. The van der Waals surface area contributed by atoms with Crippen LogP contribution in [0.3, 0.4) is 0 Å². The van der Waals surface area contributed by atoms with Crippen molar-refractivity contribution in [3.8, 4) is 0 Å². The first-order valence-electron chi connectivity index (χ1n) is 6.08. The van der Waals surface area contributed by atoms with E-state index in [9.17, 15) is 4.79 Å². The van der Waals surface area contributed by atoms with Crippen LogP contribution in [0.25, 0.3) is 0 Å². The SMILES string of the molecule is CCC(C(=O)N(CC)CC)c1ccccc1. The molecule has 0 aliphatic heterocycles. The third-order valence-corrected chi connectivity index (χ3v) is 2.98. The summed E-state index contributed by atoms with van der Waals surface area (Å²) >= 11 is 0. The molecule has 0 aliphatic carbocycles. The van der Waals surface area contributed by atoms with Gasteiger partial charge >= 0.3 is 0 Å². The second-order valence-electron chi connectivity index (χ2n) is 3.88. The van der Waals surface area contributed by atoms with Crippen molar-refractivity contribution in [2.45, 2.75) is 33.1 Å². The summed E-state index contributed by atoms with van der Waals surface area (Å²) in [5.41, 5.74) is 1.13. The van der Waals surface area contributed by atoms with Crippen LogP contribution in [-0.2, 0) is 4.79 Å². The maximum Gasteiger partial charge on any atom is 0.230 e. The first kappa shape index (κ1) is 12.8. The van der Waals surface area contributed by atoms with E-state index in [2.05, 4.69) is 6.92 Å². The van der Waals surface area contributed by atoms with Crippen molar-refractivity contribution in [2.24, 2.45) is 0 Å². The minimum absolute atomic E-state index is 0.0149. The molecule has 1 unspecified atom stereocenters. The van der Waals surface area contributed by atoms with Gasteiger partial charge in [-0.25, -0.2) is 0 Å². The van der Waals surface area contributed by atoms with Crippen LogP contribution in [0.5, 0.6) is 0 Å². The number of benzene rings is 1. The Balaban J connectivity index is 2.86. The third-order valence-electron chi connectivity index (χ3n) is 2.98. The molecule has 0 saturated heterocycles. The molecule has 0 aliphatic rings. The minimum atomic E-state index is 0.0149. The first-order valence-corrected chi connectivity index (χ1v) is 6.08. The van der Waals surface area contributed by atoms with Crippen LogP contribution in [-0.4, -0.2) is 23.9 Å². The number of nitrogens with zero attached hydrogens (tertiary/aromatic N) is 1. The number of amides is 1. The smallest absolute Gasteiger partial charge is 0.230 e. The normalized spacial score (nSPS) is 12.2. The number of carbonyl (C=O) groups is 1. The van der Waals surface area contributed by atoms with Gasteiger partial charge in [0.15, 0.2) is 0 Å². The lowest BCUT2D eigenvalue weighted by atomic mass is 9.95. The summed E-state index contributed by atoms with van der Waals surface area (Å²) in [5, 5.41) is 0. The molecule has 1 amide bonds. The molecule has 88 valence electrons. The molecule has 0 aromatic heterocycles. The van der Waals surface area contributed by atoms with Gasteiger partial charge in [-0.2, -0.15) is 0 Å². The van der Waals surface area contributed by atoms with Gasteiger partial charge in [-0.3, -0.25) is 4.79 Å². The van der Waals surface area contributed by atoms with E-state index in [1.165, 1.54) is 0 Å². The molecule has 2 heteroatoms. The molecule has 0 radical (unpaired) electrons. The van der Waals surface area contributed by atoms with Crippen molar-refractivity contribution >= 4 is 5.91 Å². The molecule has 2 nitrogen and oxygen atoms in total. The summed E-state index contributed by atoms with van der Waals surface area (Å²) in [6.45, 7) is 7.70. The molecule has 0 spiro atoms. The Hall–Kier alpha value is -1.31. The van der Waals surface area contributed by atoms with Gasteiger partial charge in [0.05, 0.1) is 5.92 Å². The number of rotatable bonds is 5. The van der Waals surface area contributed by atoms with Gasteiger partial charge in [0.2, 0.25) is 5.91 Å².